The molecule has 0 bridgehead atoms. The van der Waals surface area contributed by atoms with Gasteiger partial charge in [-0.1, -0.05) is 32.3 Å². The third-order valence-corrected chi connectivity index (χ3v) is 3.46. The molecule has 0 aliphatic heterocycles. The van der Waals surface area contributed by atoms with E-state index in [9.17, 15) is 0 Å². The highest BCUT2D eigenvalue weighted by Crippen LogP contribution is 2.18. The van der Waals surface area contributed by atoms with Gasteiger partial charge < -0.3 is 10.3 Å². The van der Waals surface area contributed by atoms with Crippen molar-refractivity contribution >= 4 is 0 Å². The van der Waals surface area contributed by atoms with Gasteiger partial charge in [-0.15, -0.1) is 0 Å². The molecule has 0 amide bonds. The zero-order valence-electron chi connectivity index (χ0n) is 11.3. The van der Waals surface area contributed by atoms with Gasteiger partial charge in [0.15, 0.2) is 5.82 Å². The largest absolute Gasteiger partial charge is 0.339 e. The Hall–Kier alpha value is -0.900. The normalized spacial score (nSPS) is 14.8. The quantitative estimate of drug-likeness (QED) is 0.757. The van der Waals surface area contributed by atoms with Crippen LogP contribution in [0.3, 0.4) is 0 Å². The molecule has 1 aromatic rings. The molecular weight excluding hydrogens is 214 g/mol. The smallest absolute Gasteiger partial charge is 0.226 e. The van der Waals surface area contributed by atoms with E-state index in [1.807, 2.05) is 0 Å². The average Bonchev–Trinajstić information content (AvgIpc) is 2.82. The van der Waals surface area contributed by atoms with Gasteiger partial charge in [-0.3, -0.25) is 0 Å². The molecule has 0 spiro atoms. The Morgan fingerprint density at radius 1 is 1.24 bits per heavy atom. The molecule has 0 saturated heterocycles. The van der Waals surface area contributed by atoms with Crippen LogP contribution in [0.1, 0.15) is 64.1 Å². The van der Waals surface area contributed by atoms with E-state index in [4.69, 9.17) is 10.3 Å². The van der Waals surface area contributed by atoms with Crippen LogP contribution in [0.5, 0.6) is 0 Å². The maximum absolute atomic E-state index is 5.58. The number of nitrogens with two attached hydrogens (primary N) is 1. The molecule has 2 N–H and O–H groups in total. The third-order valence-electron chi connectivity index (χ3n) is 3.46. The van der Waals surface area contributed by atoms with Crippen molar-refractivity contribution in [2.24, 2.45) is 11.7 Å². The molecule has 0 aliphatic carbocycles. The summed E-state index contributed by atoms with van der Waals surface area (Å²) in [5.74, 6) is 2.68. The lowest BCUT2D eigenvalue weighted by atomic mass is 9.97. The molecule has 1 aromatic heterocycles. The average molecular weight is 239 g/mol. The van der Waals surface area contributed by atoms with Crippen molar-refractivity contribution in [3.8, 4) is 0 Å². The summed E-state index contributed by atoms with van der Waals surface area (Å²) in [5.41, 5.74) is 5.58. The number of rotatable bonds is 8. The Morgan fingerprint density at radius 3 is 2.59 bits per heavy atom. The highest BCUT2D eigenvalue weighted by atomic mass is 16.5. The fraction of sp³-hybridized carbons (Fsp3) is 0.846. The lowest BCUT2D eigenvalue weighted by Gasteiger charge is -2.11. The first kappa shape index (κ1) is 14.2. The van der Waals surface area contributed by atoms with Gasteiger partial charge in [-0.2, -0.15) is 4.98 Å². The Labute approximate surface area is 104 Å². The molecule has 17 heavy (non-hydrogen) atoms. The molecule has 2 atom stereocenters. The van der Waals surface area contributed by atoms with E-state index < -0.39 is 0 Å². The standard InChI is InChI=1S/C13H25N3O/c1-4-10(3)13-15-12(17-16-13)7-6-11(5-2)8-9-14/h10-11H,4-9,14H2,1-3H3. The summed E-state index contributed by atoms with van der Waals surface area (Å²) in [4.78, 5) is 4.44. The van der Waals surface area contributed by atoms with Crippen LogP contribution in [0.2, 0.25) is 0 Å². The monoisotopic (exact) mass is 239 g/mol. The van der Waals surface area contributed by atoms with Gasteiger partial charge in [0.05, 0.1) is 0 Å². The second kappa shape index (κ2) is 7.43. The summed E-state index contributed by atoms with van der Waals surface area (Å²) in [6.45, 7) is 7.23. The molecule has 1 rings (SSSR count). The van der Waals surface area contributed by atoms with Crippen molar-refractivity contribution in [2.75, 3.05) is 6.54 Å². The molecule has 0 fully saturated rings. The highest BCUT2D eigenvalue weighted by Gasteiger charge is 2.13. The second-order valence-electron chi connectivity index (χ2n) is 4.75. The van der Waals surface area contributed by atoms with Crippen LogP contribution in [0.15, 0.2) is 4.52 Å². The van der Waals surface area contributed by atoms with Crippen molar-refractivity contribution in [1.29, 1.82) is 0 Å². The Kier molecular flexibility index (Phi) is 6.19. The molecule has 1 heterocycles. The first-order valence-corrected chi connectivity index (χ1v) is 6.73. The van der Waals surface area contributed by atoms with Crippen molar-refractivity contribution in [3.05, 3.63) is 11.7 Å². The number of hydrogen-bond acceptors (Lipinski definition) is 4. The summed E-state index contributed by atoms with van der Waals surface area (Å²) in [7, 11) is 0. The molecule has 0 aromatic carbocycles. The minimum atomic E-state index is 0.388. The minimum Gasteiger partial charge on any atom is -0.339 e. The number of hydrogen-bond donors (Lipinski definition) is 1. The van der Waals surface area contributed by atoms with Gasteiger partial charge in [-0.05, 0) is 31.7 Å². The van der Waals surface area contributed by atoms with Crippen LogP contribution in [0.25, 0.3) is 0 Å². The number of aryl methyl sites for hydroxylation is 1. The summed E-state index contributed by atoms with van der Waals surface area (Å²) in [5, 5.41) is 4.03. The first-order chi connectivity index (χ1) is 8.21. The van der Waals surface area contributed by atoms with Crippen molar-refractivity contribution in [3.63, 3.8) is 0 Å². The van der Waals surface area contributed by atoms with Gasteiger partial charge >= 0.3 is 0 Å². The molecule has 98 valence electrons. The fourth-order valence-electron chi connectivity index (χ4n) is 1.87. The van der Waals surface area contributed by atoms with Gasteiger partial charge in [0.2, 0.25) is 5.89 Å². The van der Waals surface area contributed by atoms with Crippen LogP contribution in [-0.2, 0) is 6.42 Å². The van der Waals surface area contributed by atoms with Gasteiger partial charge in [0, 0.05) is 12.3 Å². The van der Waals surface area contributed by atoms with E-state index >= 15 is 0 Å². The summed E-state index contributed by atoms with van der Waals surface area (Å²) < 4.78 is 5.27. The molecule has 2 unspecified atom stereocenters. The Morgan fingerprint density at radius 2 is 2.00 bits per heavy atom. The van der Waals surface area contributed by atoms with Gasteiger partial charge in [-0.25, -0.2) is 0 Å². The Bertz CT molecular complexity index is 311. The molecule has 0 saturated carbocycles. The SMILES string of the molecule is CCC(CCN)CCc1nc(C(C)CC)no1. The zero-order valence-corrected chi connectivity index (χ0v) is 11.3. The zero-order chi connectivity index (χ0) is 12.7. The van der Waals surface area contributed by atoms with E-state index in [1.54, 1.807) is 0 Å². The molecule has 4 heteroatoms. The molecule has 0 radical (unpaired) electrons. The van der Waals surface area contributed by atoms with E-state index in [-0.39, 0.29) is 0 Å². The fourth-order valence-corrected chi connectivity index (χ4v) is 1.87. The van der Waals surface area contributed by atoms with Crippen LogP contribution in [-0.4, -0.2) is 16.7 Å². The highest BCUT2D eigenvalue weighted by molar-refractivity contribution is 4.93. The van der Waals surface area contributed by atoms with Gasteiger partial charge in [0.25, 0.3) is 0 Å². The van der Waals surface area contributed by atoms with E-state index in [0.29, 0.717) is 11.8 Å². The maximum atomic E-state index is 5.58. The van der Waals surface area contributed by atoms with E-state index in [2.05, 4.69) is 30.9 Å². The van der Waals surface area contributed by atoms with Crippen LogP contribution >= 0.6 is 0 Å². The maximum Gasteiger partial charge on any atom is 0.226 e. The summed E-state index contributed by atoms with van der Waals surface area (Å²) in [6, 6.07) is 0. The molecule has 4 nitrogen and oxygen atoms in total. The van der Waals surface area contributed by atoms with E-state index in [0.717, 1.165) is 43.9 Å². The lowest BCUT2D eigenvalue weighted by molar-refractivity contribution is 0.349. The topological polar surface area (TPSA) is 64.9 Å². The van der Waals surface area contributed by atoms with Crippen molar-refractivity contribution < 1.29 is 4.52 Å². The number of aromatic nitrogens is 2. The summed E-state index contributed by atoms with van der Waals surface area (Å²) >= 11 is 0. The van der Waals surface area contributed by atoms with Crippen LogP contribution < -0.4 is 5.73 Å². The van der Waals surface area contributed by atoms with Crippen molar-refractivity contribution in [1.82, 2.24) is 10.1 Å². The minimum absolute atomic E-state index is 0.388. The Balaban J connectivity index is 2.43. The number of nitrogens with zero attached hydrogens (tertiary/aromatic N) is 2. The van der Waals surface area contributed by atoms with Gasteiger partial charge in [0.1, 0.15) is 0 Å². The third kappa shape index (κ3) is 4.46. The van der Waals surface area contributed by atoms with Crippen LogP contribution in [0, 0.1) is 5.92 Å². The predicted molar refractivity (Wildman–Crippen MR) is 68.8 cm³/mol. The summed E-state index contributed by atoms with van der Waals surface area (Å²) in [6.07, 6.45) is 5.27. The second-order valence-corrected chi connectivity index (χ2v) is 4.75. The van der Waals surface area contributed by atoms with Crippen molar-refractivity contribution in [2.45, 2.75) is 58.8 Å². The predicted octanol–water partition coefficient (Wildman–Crippen LogP) is 2.89. The lowest BCUT2D eigenvalue weighted by Crippen LogP contribution is -2.09. The first-order valence-electron chi connectivity index (χ1n) is 6.73. The molecule has 0 aliphatic rings. The molecular formula is C13H25N3O. The van der Waals surface area contributed by atoms with Crippen LogP contribution in [0.4, 0.5) is 0 Å². The van der Waals surface area contributed by atoms with E-state index in [1.165, 1.54) is 6.42 Å².